The molecule has 4 heteroatoms. The predicted octanol–water partition coefficient (Wildman–Crippen LogP) is 4.52. The van der Waals surface area contributed by atoms with Crippen LogP contribution in [0.25, 0.3) is 0 Å². The lowest BCUT2D eigenvalue weighted by Gasteiger charge is -2.16. The fraction of sp³-hybridized carbons (Fsp3) is 0.500. The highest BCUT2D eigenvalue weighted by molar-refractivity contribution is 9.09. The van der Waals surface area contributed by atoms with Gasteiger partial charge in [-0.3, -0.25) is 0 Å². The van der Waals surface area contributed by atoms with E-state index in [1.165, 1.54) is 12.1 Å². The van der Waals surface area contributed by atoms with E-state index in [1.54, 1.807) is 0 Å². The minimum atomic E-state index is -4.24. The predicted molar refractivity (Wildman–Crippen MR) is 60.8 cm³/mol. The largest absolute Gasteiger partial charge is 0.416 e. The molecular weight excluding hydrogens is 281 g/mol. The molecular formula is C12H12BrF3. The van der Waals surface area contributed by atoms with Crippen molar-refractivity contribution in [3.8, 4) is 0 Å². The molecule has 1 saturated carbocycles. The number of alkyl halides is 4. The molecule has 1 aliphatic carbocycles. The number of hydrogen-bond donors (Lipinski definition) is 0. The summed E-state index contributed by atoms with van der Waals surface area (Å²) in [6, 6.07) is 5.75. The van der Waals surface area contributed by atoms with Gasteiger partial charge in [-0.1, -0.05) is 34.1 Å². The van der Waals surface area contributed by atoms with Crippen molar-refractivity contribution in [2.75, 3.05) is 5.33 Å². The molecule has 0 atom stereocenters. The van der Waals surface area contributed by atoms with Gasteiger partial charge in [0.2, 0.25) is 0 Å². The van der Waals surface area contributed by atoms with Crippen LogP contribution in [0.2, 0.25) is 0 Å². The highest BCUT2D eigenvalue weighted by Crippen LogP contribution is 2.51. The fourth-order valence-corrected chi connectivity index (χ4v) is 2.80. The quantitative estimate of drug-likeness (QED) is 0.719. The number of rotatable bonds is 3. The van der Waals surface area contributed by atoms with Crippen LogP contribution >= 0.6 is 15.9 Å². The molecule has 1 aromatic rings. The lowest BCUT2D eigenvalue weighted by atomic mass is 9.92. The van der Waals surface area contributed by atoms with E-state index < -0.39 is 11.7 Å². The second-order valence-corrected chi connectivity index (χ2v) is 5.09. The van der Waals surface area contributed by atoms with E-state index in [0.717, 1.165) is 36.2 Å². The summed E-state index contributed by atoms with van der Waals surface area (Å²) in [7, 11) is 0. The molecule has 88 valence electrons. The van der Waals surface area contributed by atoms with E-state index in [0.29, 0.717) is 0 Å². The van der Waals surface area contributed by atoms with Crippen LogP contribution in [-0.4, -0.2) is 5.33 Å². The summed E-state index contributed by atoms with van der Waals surface area (Å²) in [6.07, 6.45) is -1.32. The maximum atomic E-state index is 12.6. The Labute approximate surface area is 101 Å². The van der Waals surface area contributed by atoms with Crippen LogP contribution in [0.5, 0.6) is 0 Å². The zero-order valence-electron chi connectivity index (χ0n) is 8.65. The first-order valence-electron chi connectivity index (χ1n) is 5.22. The van der Waals surface area contributed by atoms with E-state index in [2.05, 4.69) is 15.9 Å². The summed E-state index contributed by atoms with van der Waals surface area (Å²) in [6.45, 7) is 0. The third-order valence-electron chi connectivity index (χ3n) is 3.23. The molecule has 0 nitrogen and oxygen atoms in total. The van der Waals surface area contributed by atoms with Gasteiger partial charge in [-0.2, -0.15) is 13.2 Å². The first-order valence-corrected chi connectivity index (χ1v) is 6.34. The number of halogens is 4. The Balaban J connectivity index is 2.30. The number of hydrogen-bond acceptors (Lipinski definition) is 0. The van der Waals surface area contributed by atoms with Crippen molar-refractivity contribution in [2.24, 2.45) is 0 Å². The van der Waals surface area contributed by atoms with E-state index in [-0.39, 0.29) is 5.41 Å². The Morgan fingerprint density at radius 3 is 2.44 bits per heavy atom. The fourth-order valence-electron chi connectivity index (χ4n) is 2.04. The Kier molecular flexibility index (Phi) is 3.03. The molecule has 16 heavy (non-hydrogen) atoms. The molecule has 1 aromatic carbocycles. The van der Waals surface area contributed by atoms with E-state index in [9.17, 15) is 13.2 Å². The van der Waals surface area contributed by atoms with E-state index in [4.69, 9.17) is 0 Å². The molecule has 0 N–H and O–H groups in total. The molecule has 0 aromatic heterocycles. The molecule has 0 amide bonds. The minimum Gasteiger partial charge on any atom is -0.166 e. The standard InChI is InChI=1S/C12H12BrF3/c13-7-6-11(4-5-11)9-2-1-3-10(8-9)12(14,15)16/h1-3,8H,4-7H2. The normalized spacial score (nSPS) is 18.5. The first kappa shape index (κ1) is 12.0. The highest BCUT2D eigenvalue weighted by Gasteiger charge is 2.44. The van der Waals surface area contributed by atoms with Crippen LogP contribution in [0.15, 0.2) is 24.3 Å². The summed E-state index contributed by atoms with van der Waals surface area (Å²) >= 11 is 3.36. The molecule has 0 spiro atoms. The topological polar surface area (TPSA) is 0 Å². The zero-order valence-corrected chi connectivity index (χ0v) is 10.2. The van der Waals surface area contributed by atoms with Crippen LogP contribution in [0.4, 0.5) is 13.2 Å². The summed E-state index contributed by atoms with van der Waals surface area (Å²) in [5.41, 5.74) is 0.303. The van der Waals surface area contributed by atoms with Gasteiger partial charge < -0.3 is 0 Å². The van der Waals surface area contributed by atoms with Crippen molar-refractivity contribution in [1.29, 1.82) is 0 Å². The third-order valence-corrected chi connectivity index (χ3v) is 3.63. The van der Waals surface area contributed by atoms with Crippen molar-refractivity contribution < 1.29 is 13.2 Å². The molecule has 0 aliphatic heterocycles. The van der Waals surface area contributed by atoms with Crippen molar-refractivity contribution in [1.82, 2.24) is 0 Å². The summed E-state index contributed by atoms with van der Waals surface area (Å²) in [5.74, 6) is 0. The van der Waals surface area contributed by atoms with E-state index in [1.807, 2.05) is 6.07 Å². The summed E-state index contributed by atoms with van der Waals surface area (Å²) in [4.78, 5) is 0. The van der Waals surface area contributed by atoms with Crippen LogP contribution in [0.1, 0.15) is 30.4 Å². The van der Waals surface area contributed by atoms with Crippen LogP contribution in [0.3, 0.4) is 0 Å². The summed E-state index contributed by atoms with van der Waals surface area (Å²) < 4.78 is 37.7. The Bertz CT molecular complexity index is 380. The average molecular weight is 293 g/mol. The Morgan fingerprint density at radius 1 is 1.25 bits per heavy atom. The lowest BCUT2D eigenvalue weighted by Crippen LogP contribution is -2.11. The second kappa shape index (κ2) is 4.06. The van der Waals surface area contributed by atoms with Gasteiger partial charge in [-0.05, 0) is 36.3 Å². The van der Waals surface area contributed by atoms with Gasteiger partial charge in [0.15, 0.2) is 0 Å². The Morgan fingerprint density at radius 2 is 1.94 bits per heavy atom. The SMILES string of the molecule is FC(F)(F)c1cccc(C2(CCBr)CC2)c1. The van der Waals surface area contributed by atoms with Gasteiger partial charge in [0, 0.05) is 5.33 Å². The van der Waals surface area contributed by atoms with Crippen LogP contribution < -0.4 is 0 Å². The molecule has 2 rings (SSSR count). The molecule has 0 radical (unpaired) electrons. The molecule has 0 saturated heterocycles. The van der Waals surface area contributed by atoms with Gasteiger partial charge >= 0.3 is 6.18 Å². The van der Waals surface area contributed by atoms with Crippen molar-refractivity contribution in [3.63, 3.8) is 0 Å². The van der Waals surface area contributed by atoms with Crippen molar-refractivity contribution in [3.05, 3.63) is 35.4 Å². The van der Waals surface area contributed by atoms with Crippen LogP contribution in [0, 0.1) is 0 Å². The minimum absolute atomic E-state index is 0.00472. The first-order chi connectivity index (χ1) is 7.48. The second-order valence-electron chi connectivity index (χ2n) is 4.30. The summed E-state index contributed by atoms with van der Waals surface area (Å²) in [5, 5.41) is 0.837. The van der Waals surface area contributed by atoms with Gasteiger partial charge in [0.25, 0.3) is 0 Å². The molecule has 0 unspecified atom stereocenters. The highest BCUT2D eigenvalue weighted by atomic mass is 79.9. The van der Waals surface area contributed by atoms with Gasteiger partial charge in [0.05, 0.1) is 5.56 Å². The number of benzene rings is 1. The van der Waals surface area contributed by atoms with E-state index >= 15 is 0 Å². The maximum absolute atomic E-state index is 12.6. The third kappa shape index (κ3) is 2.26. The Hall–Kier alpha value is -0.510. The van der Waals surface area contributed by atoms with Gasteiger partial charge in [-0.15, -0.1) is 0 Å². The molecule has 1 aliphatic rings. The molecule has 1 fully saturated rings. The smallest absolute Gasteiger partial charge is 0.166 e. The zero-order chi connectivity index (χ0) is 11.8. The van der Waals surface area contributed by atoms with Crippen LogP contribution in [-0.2, 0) is 11.6 Å². The maximum Gasteiger partial charge on any atom is 0.416 e. The lowest BCUT2D eigenvalue weighted by molar-refractivity contribution is -0.137. The average Bonchev–Trinajstić information content (AvgIpc) is 2.99. The van der Waals surface area contributed by atoms with Gasteiger partial charge in [0.1, 0.15) is 0 Å². The van der Waals surface area contributed by atoms with Crippen molar-refractivity contribution in [2.45, 2.75) is 30.9 Å². The van der Waals surface area contributed by atoms with Gasteiger partial charge in [-0.25, -0.2) is 0 Å². The molecule has 0 bridgehead atoms. The molecule has 0 heterocycles. The van der Waals surface area contributed by atoms with Crippen molar-refractivity contribution >= 4 is 15.9 Å². The monoisotopic (exact) mass is 292 g/mol.